The number of hydrogen-bond acceptors (Lipinski definition) is 7. The Morgan fingerprint density at radius 3 is 1.29 bits per heavy atom. The summed E-state index contributed by atoms with van der Waals surface area (Å²) in [7, 11) is 0. The minimum Gasteiger partial charge on any atom is -0.606 e. The van der Waals surface area contributed by atoms with Gasteiger partial charge in [0.25, 0.3) is 0 Å². The summed E-state index contributed by atoms with van der Waals surface area (Å²) in [4.78, 5) is 4.16. The zero-order valence-corrected chi connectivity index (χ0v) is 21.1. The van der Waals surface area contributed by atoms with Crippen LogP contribution < -0.4 is 0 Å². The molecule has 0 aliphatic rings. The van der Waals surface area contributed by atoms with Crippen molar-refractivity contribution in [2.45, 2.75) is 22.6 Å². The third kappa shape index (κ3) is 4.77. The highest BCUT2D eigenvalue weighted by atomic mass is 32.2. The molecular formula is C28H24N6O3S. The largest absolute Gasteiger partial charge is 0.606 e. The van der Waals surface area contributed by atoms with E-state index in [-0.39, 0.29) is 13.2 Å². The van der Waals surface area contributed by atoms with Crippen molar-refractivity contribution in [3.05, 3.63) is 96.1 Å². The fraction of sp³-hybridized carbons (Fsp3) is 0.143. The van der Waals surface area contributed by atoms with Crippen LogP contribution in [0, 0.1) is 0 Å². The number of aliphatic hydroxyl groups is 2. The quantitative estimate of drug-likeness (QED) is 0.292. The highest BCUT2D eigenvalue weighted by molar-refractivity contribution is 7.91. The Balaban J connectivity index is 1.43. The number of fused-ring (bicyclic) bond motifs is 2. The number of aliphatic hydroxyl groups excluding tert-OH is 2. The summed E-state index contributed by atoms with van der Waals surface area (Å²) in [5.41, 5.74) is 5.96. The summed E-state index contributed by atoms with van der Waals surface area (Å²) in [5, 5.41) is 37.5. The van der Waals surface area contributed by atoms with Crippen molar-refractivity contribution >= 4 is 33.2 Å². The molecule has 2 N–H and O–H groups in total. The molecule has 0 bridgehead atoms. The van der Waals surface area contributed by atoms with Gasteiger partial charge >= 0.3 is 0 Å². The maximum atomic E-state index is 14.0. The Labute approximate surface area is 221 Å². The van der Waals surface area contributed by atoms with Crippen LogP contribution in [0.1, 0.15) is 11.1 Å². The smallest absolute Gasteiger partial charge is 0.160 e. The van der Waals surface area contributed by atoms with Crippen molar-refractivity contribution in [3.8, 4) is 11.4 Å². The predicted octanol–water partition coefficient (Wildman–Crippen LogP) is 3.39. The van der Waals surface area contributed by atoms with Crippen LogP contribution in [0.5, 0.6) is 0 Å². The van der Waals surface area contributed by atoms with Gasteiger partial charge in [0, 0.05) is 36.5 Å². The molecule has 0 saturated carbocycles. The lowest BCUT2D eigenvalue weighted by Crippen LogP contribution is -2.09. The highest BCUT2D eigenvalue weighted by Gasteiger charge is 2.21. The lowest BCUT2D eigenvalue weighted by Gasteiger charge is -2.15. The van der Waals surface area contributed by atoms with E-state index in [1.807, 2.05) is 72.8 Å². The molecule has 4 aromatic carbocycles. The maximum Gasteiger partial charge on any atom is 0.160 e. The first-order valence-electron chi connectivity index (χ1n) is 12.2. The molecule has 0 amide bonds. The lowest BCUT2D eigenvalue weighted by atomic mass is 10.1. The predicted molar refractivity (Wildman–Crippen MR) is 144 cm³/mol. The number of hydrogen-bond donors (Lipinski definition) is 2. The van der Waals surface area contributed by atoms with Crippen molar-refractivity contribution in [3.63, 3.8) is 0 Å². The molecule has 2 heterocycles. The molecule has 0 saturated heterocycles. The summed E-state index contributed by atoms with van der Waals surface area (Å²) in [6, 6.07) is 26.2. The lowest BCUT2D eigenvalue weighted by molar-refractivity contribution is 0.299. The van der Waals surface area contributed by atoms with E-state index in [0.29, 0.717) is 34.0 Å². The first-order valence-corrected chi connectivity index (χ1v) is 13.3. The van der Waals surface area contributed by atoms with Crippen molar-refractivity contribution in [2.24, 2.45) is 0 Å². The SMILES string of the molecule is [O-][S+](c1cc(CCO)cc(-n2nc3ccccc3n2)c1)c1cc(CCO)cc(-n2nc3ccccc3n2)c1. The van der Waals surface area contributed by atoms with Crippen LogP contribution in [0.4, 0.5) is 0 Å². The molecule has 9 nitrogen and oxygen atoms in total. The minimum absolute atomic E-state index is 0.0430. The fourth-order valence-electron chi connectivity index (χ4n) is 4.37. The maximum absolute atomic E-state index is 14.0. The van der Waals surface area contributed by atoms with Crippen LogP contribution in [0.3, 0.4) is 0 Å². The van der Waals surface area contributed by atoms with Gasteiger partial charge in [-0.3, -0.25) is 0 Å². The average Bonchev–Trinajstić information content (AvgIpc) is 3.57. The third-order valence-electron chi connectivity index (χ3n) is 6.17. The van der Waals surface area contributed by atoms with Crippen LogP contribution in [0.15, 0.2) is 94.7 Å². The van der Waals surface area contributed by atoms with Crippen LogP contribution in [0.25, 0.3) is 33.4 Å². The Morgan fingerprint density at radius 2 is 0.947 bits per heavy atom. The molecule has 10 heteroatoms. The molecule has 0 aliphatic heterocycles. The fourth-order valence-corrected chi connectivity index (χ4v) is 5.61. The van der Waals surface area contributed by atoms with Gasteiger partial charge in [0.05, 0.1) is 11.4 Å². The number of benzene rings is 4. The Kier molecular flexibility index (Phi) is 6.61. The van der Waals surface area contributed by atoms with E-state index in [2.05, 4.69) is 20.4 Å². The Hall–Kier alpha value is -4.09. The number of nitrogens with zero attached hydrogens (tertiary/aromatic N) is 6. The second kappa shape index (κ2) is 10.3. The van der Waals surface area contributed by atoms with Gasteiger partial charge in [-0.05, 0) is 72.5 Å². The monoisotopic (exact) mass is 524 g/mol. The molecule has 0 unspecified atom stereocenters. The van der Waals surface area contributed by atoms with Gasteiger partial charge in [0.1, 0.15) is 22.1 Å². The van der Waals surface area contributed by atoms with Gasteiger partial charge in [-0.15, -0.1) is 20.4 Å². The molecule has 0 radical (unpaired) electrons. The molecule has 190 valence electrons. The van der Waals surface area contributed by atoms with Gasteiger partial charge in [0.15, 0.2) is 9.79 Å². The molecule has 6 aromatic rings. The van der Waals surface area contributed by atoms with E-state index >= 15 is 0 Å². The molecule has 2 aromatic heterocycles. The minimum atomic E-state index is -1.58. The molecule has 0 fully saturated rings. The second-order valence-corrected chi connectivity index (χ2v) is 10.3. The summed E-state index contributed by atoms with van der Waals surface area (Å²) in [6.45, 7) is -0.0859. The summed E-state index contributed by atoms with van der Waals surface area (Å²) >= 11 is -1.58. The molecule has 0 aliphatic carbocycles. The van der Waals surface area contributed by atoms with Gasteiger partial charge in [0.2, 0.25) is 0 Å². The summed E-state index contributed by atoms with van der Waals surface area (Å²) < 4.78 is 14.0. The molecule has 38 heavy (non-hydrogen) atoms. The summed E-state index contributed by atoms with van der Waals surface area (Å²) in [5.74, 6) is 0. The van der Waals surface area contributed by atoms with Crippen molar-refractivity contribution in [2.75, 3.05) is 13.2 Å². The number of rotatable bonds is 8. The normalized spacial score (nSPS) is 11.7. The highest BCUT2D eigenvalue weighted by Crippen LogP contribution is 2.28. The molecule has 6 rings (SSSR count). The first-order chi connectivity index (χ1) is 18.6. The van der Waals surface area contributed by atoms with E-state index in [9.17, 15) is 14.8 Å². The van der Waals surface area contributed by atoms with Crippen molar-refractivity contribution < 1.29 is 14.8 Å². The molecule has 0 atom stereocenters. The Morgan fingerprint density at radius 1 is 0.579 bits per heavy atom. The van der Waals surface area contributed by atoms with Crippen LogP contribution in [-0.4, -0.2) is 58.0 Å². The van der Waals surface area contributed by atoms with Gasteiger partial charge < -0.3 is 14.8 Å². The van der Waals surface area contributed by atoms with E-state index in [1.165, 1.54) is 9.59 Å². The Bertz CT molecular complexity index is 1550. The zero-order chi connectivity index (χ0) is 26.1. The number of aromatic nitrogens is 6. The average molecular weight is 525 g/mol. The molecular weight excluding hydrogens is 500 g/mol. The van der Waals surface area contributed by atoms with Crippen LogP contribution >= 0.6 is 0 Å². The summed E-state index contributed by atoms with van der Waals surface area (Å²) in [6.07, 6.45) is 0.802. The van der Waals surface area contributed by atoms with Gasteiger partial charge in [-0.25, -0.2) is 0 Å². The van der Waals surface area contributed by atoms with E-state index in [1.54, 1.807) is 12.1 Å². The zero-order valence-electron chi connectivity index (χ0n) is 20.3. The first kappa shape index (κ1) is 24.3. The second-order valence-electron chi connectivity index (χ2n) is 8.84. The third-order valence-corrected chi connectivity index (χ3v) is 7.49. The van der Waals surface area contributed by atoms with Gasteiger partial charge in [-0.1, -0.05) is 24.3 Å². The van der Waals surface area contributed by atoms with Crippen molar-refractivity contribution in [1.82, 2.24) is 30.0 Å². The van der Waals surface area contributed by atoms with Gasteiger partial charge in [-0.2, -0.15) is 9.59 Å². The van der Waals surface area contributed by atoms with E-state index < -0.39 is 11.2 Å². The topological polar surface area (TPSA) is 125 Å². The molecule has 0 spiro atoms. The van der Waals surface area contributed by atoms with Crippen molar-refractivity contribution in [1.29, 1.82) is 0 Å². The van der Waals surface area contributed by atoms with Crippen LogP contribution in [0.2, 0.25) is 0 Å². The standard InChI is InChI=1S/C28H24N6O3S/c35-11-9-19-13-21(33-29-25-5-1-2-6-26(25)30-33)17-23(15-19)38(37)24-16-20(10-12-36)14-22(18-24)34-31-27-7-3-4-8-28(27)32-34/h1-8,13-18,35-36H,9-12H2. The van der Waals surface area contributed by atoms with Crippen LogP contribution in [-0.2, 0) is 24.0 Å². The van der Waals surface area contributed by atoms with E-state index in [0.717, 1.165) is 33.2 Å². The van der Waals surface area contributed by atoms with E-state index in [4.69, 9.17) is 0 Å².